The van der Waals surface area contributed by atoms with Gasteiger partial charge in [-0.3, -0.25) is 0 Å². The Morgan fingerprint density at radius 3 is 2.62 bits per heavy atom. The maximum absolute atomic E-state index is 13.0. The van der Waals surface area contributed by atoms with E-state index in [4.69, 9.17) is 4.74 Å². The second-order valence-electron chi connectivity index (χ2n) is 5.23. The van der Waals surface area contributed by atoms with Crippen LogP contribution in [0.4, 0.5) is 18.0 Å². The number of ether oxygens (including phenoxy) is 1. The molecule has 1 heterocycles. The van der Waals surface area contributed by atoms with Gasteiger partial charge in [-0.1, -0.05) is 6.07 Å². The summed E-state index contributed by atoms with van der Waals surface area (Å²) >= 11 is 0. The summed E-state index contributed by atoms with van der Waals surface area (Å²) in [4.78, 5) is 11.0. The fourth-order valence-electron chi connectivity index (χ4n) is 2.45. The highest BCUT2D eigenvalue weighted by molar-refractivity contribution is 6.05. The van der Waals surface area contributed by atoms with Gasteiger partial charge in [-0.2, -0.15) is 18.3 Å². The number of cyclic esters (lactones) is 1. The van der Waals surface area contributed by atoms with Crippen LogP contribution in [0, 0.1) is 0 Å². The van der Waals surface area contributed by atoms with Crippen LogP contribution in [0.25, 0.3) is 0 Å². The van der Waals surface area contributed by atoms with Crippen molar-refractivity contribution in [3.05, 3.63) is 34.9 Å². The van der Waals surface area contributed by atoms with Gasteiger partial charge in [0.1, 0.15) is 11.8 Å². The van der Waals surface area contributed by atoms with Gasteiger partial charge in [0.2, 0.25) is 0 Å². The van der Waals surface area contributed by atoms with Crippen molar-refractivity contribution in [1.82, 2.24) is 5.43 Å². The number of carbonyl (C=O) groups excluding carboxylic acids is 1. The Morgan fingerprint density at radius 1 is 1.33 bits per heavy atom. The Labute approximate surface area is 119 Å². The first-order valence-corrected chi connectivity index (χ1v) is 6.62. The van der Waals surface area contributed by atoms with Crippen LogP contribution in [0.2, 0.25) is 0 Å². The van der Waals surface area contributed by atoms with E-state index in [1.54, 1.807) is 6.92 Å². The quantitative estimate of drug-likeness (QED) is 0.909. The Balaban J connectivity index is 2.01. The summed E-state index contributed by atoms with van der Waals surface area (Å²) in [5.74, 6) is -0.0448. The van der Waals surface area contributed by atoms with Crippen molar-refractivity contribution < 1.29 is 22.7 Å². The molecular formula is C14H13F3N2O2. The smallest absolute Gasteiger partial charge is 0.428 e. The molecule has 1 aliphatic carbocycles. The molecule has 2 aliphatic rings. The SMILES string of the molecule is C[C@@H]1OC(=O)NN=C1c1ccc(C(F)(F)F)c(C2CC2)c1. The molecule has 4 nitrogen and oxygen atoms in total. The molecule has 0 radical (unpaired) electrons. The summed E-state index contributed by atoms with van der Waals surface area (Å²) in [5.41, 5.74) is 2.84. The van der Waals surface area contributed by atoms with Crippen LogP contribution in [0.5, 0.6) is 0 Å². The van der Waals surface area contributed by atoms with Crippen LogP contribution in [-0.4, -0.2) is 17.9 Å². The Kier molecular flexibility index (Phi) is 3.15. The lowest BCUT2D eigenvalue weighted by Crippen LogP contribution is -2.37. The minimum atomic E-state index is -4.36. The number of hydrazone groups is 1. The van der Waals surface area contributed by atoms with Gasteiger partial charge in [0, 0.05) is 5.56 Å². The molecule has 1 aromatic rings. The molecule has 3 rings (SSSR count). The maximum Gasteiger partial charge on any atom is 0.428 e. The Bertz CT molecular complexity index is 621. The molecule has 1 amide bonds. The predicted molar refractivity (Wildman–Crippen MR) is 69.0 cm³/mol. The number of benzene rings is 1. The van der Waals surface area contributed by atoms with Crippen LogP contribution in [0.1, 0.15) is 42.4 Å². The van der Waals surface area contributed by atoms with Crippen LogP contribution in [0.3, 0.4) is 0 Å². The number of amides is 1. The highest BCUT2D eigenvalue weighted by Crippen LogP contribution is 2.46. The first-order valence-electron chi connectivity index (χ1n) is 6.62. The minimum Gasteiger partial charge on any atom is -0.439 e. The van der Waals surface area contributed by atoms with Crippen molar-refractivity contribution in [3.8, 4) is 0 Å². The first kappa shape index (κ1) is 13.9. The van der Waals surface area contributed by atoms with Crippen molar-refractivity contribution in [2.75, 3.05) is 0 Å². The van der Waals surface area contributed by atoms with E-state index in [2.05, 4.69) is 10.5 Å². The number of nitrogens with zero attached hydrogens (tertiary/aromatic N) is 1. The summed E-state index contributed by atoms with van der Waals surface area (Å²) in [6.45, 7) is 1.63. The van der Waals surface area contributed by atoms with Crippen LogP contribution in [0.15, 0.2) is 23.3 Å². The Hall–Kier alpha value is -2.05. The molecule has 1 atom stereocenters. The van der Waals surface area contributed by atoms with E-state index in [1.165, 1.54) is 12.1 Å². The maximum atomic E-state index is 13.0. The molecule has 0 aromatic heterocycles. The van der Waals surface area contributed by atoms with Gasteiger partial charge >= 0.3 is 12.3 Å². The Morgan fingerprint density at radius 2 is 2.05 bits per heavy atom. The average Bonchev–Trinajstić information content (AvgIpc) is 3.21. The number of carbonyl (C=O) groups is 1. The number of hydrogen-bond acceptors (Lipinski definition) is 3. The molecular weight excluding hydrogens is 285 g/mol. The third-order valence-electron chi connectivity index (χ3n) is 3.61. The second-order valence-corrected chi connectivity index (χ2v) is 5.23. The van der Waals surface area contributed by atoms with E-state index in [1.807, 2.05) is 0 Å². The van der Waals surface area contributed by atoms with Crippen LogP contribution >= 0.6 is 0 Å². The molecule has 1 aromatic carbocycles. The van der Waals surface area contributed by atoms with Gasteiger partial charge in [-0.15, -0.1) is 0 Å². The fourth-order valence-corrected chi connectivity index (χ4v) is 2.45. The van der Waals surface area contributed by atoms with Crippen molar-refractivity contribution >= 4 is 11.8 Å². The molecule has 7 heteroatoms. The van der Waals surface area contributed by atoms with Gasteiger partial charge < -0.3 is 4.74 Å². The third-order valence-corrected chi connectivity index (χ3v) is 3.61. The number of halogens is 3. The van der Waals surface area contributed by atoms with Gasteiger partial charge in [0.05, 0.1) is 5.56 Å². The molecule has 0 spiro atoms. The lowest BCUT2D eigenvalue weighted by atomic mass is 9.96. The van der Waals surface area contributed by atoms with Crippen LogP contribution in [-0.2, 0) is 10.9 Å². The predicted octanol–water partition coefficient (Wildman–Crippen LogP) is 3.42. The normalized spacial score (nSPS) is 22.4. The van der Waals surface area contributed by atoms with Gasteiger partial charge in [0.25, 0.3) is 0 Å². The largest absolute Gasteiger partial charge is 0.439 e. The molecule has 0 unspecified atom stereocenters. The monoisotopic (exact) mass is 298 g/mol. The molecule has 0 saturated heterocycles. The van der Waals surface area contributed by atoms with Crippen molar-refractivity contribution in [2.24, 2.45) is 5.10 Å². The molecule has 0 bridgehead atoms. The number of nitrogens with one attached hydrogen (secondary N) is 1. The van der Waals surface area contributed by atoms with Crippen molar-refractivity contribution in [2.45, 2.75) is 38.0 Å². The van der Waals surface area contributed by atoms with E-state index in [0.717, 1.165) is 18.9 Å². The number of rotatable bonds is 2. The molecule has 112 valence electrons. The molecule has 1 fully saturated rings. The third kappa shape index (κ3) is 2.72. The second kappa shape index (κ2) is 4.75. The topological polar surface area (TPSA) is 50.7 Å². The van der Waals surface area contributed by atoms with E-state index < -0.39 is 23.9 Å². The van der Waals surface area contributed by atoms with Crippen molar-refractivity contribution in [3.63, 3.8) is 0 Å². The van der Waals surface area contributed by atoms with E-state index >= 15 is 0 Å². The first-order chi connectivity index (χ1) is 9.86. The fraction of sp³-hybridized carbons (Fsp3) is 0.429. The van der Waals surface area contributed by atoms with Crippen molar-refractivity contribution in [1.29, 1.82) is 0 Å². The summed E-state index contributed by atoms with van der Waals surface area (Å²) in [5, 5.41) is 3.89. The number of hydrogen-bond donors (Lipinski definition) is 1. The summed E-state index contributed by atoms with van der Waals surface area (Å²) in [6, 6.07) is 3.95. The standard InChI is InChI=1S/C14H13F3N2O2/c1-7-12(18-19-13(20)21-7)9-4-5-11(14(15,16)17)10(6-9)8-2-3-8/h4-8H,2-3H2,1H3,(H,19,20)/t7-/m0/s1. The van der Waals surface area contributed by atoms with Gasteiger partial charge in [-0.25, -0.2) is 10.2 Å². The molecule has 1 N–H and O–H groups in total. The van der Waals surface area contributed by atoms with Gasteiger partial charge in [0.15, 0.2) is 0 Å². The molecule has 1 saturated carbocycles. The van der Waals surface area contributed by atoms with Crippen LogP contribution < -0.4 is 5.43 Å². The highest BCUT2D eigenvalue weighted by Gasteiger charge is 2.38. The summed E-state index contributed by atoms with van der Waals surface area (Å²) < 4.78 is 44.0. The van der Waals surface area contributed by atoms with Gasteiger partial charge in [-0.05, 0) is 43.4 Å². The summed E-state index contributed by atoms with van der Waals surface area (Å²) in [7, 11) is 0. The summed E-state index contributed by atoms with van der Waals surface area (Å²) in [6.07, 6.45) is -4.09. The van der Waals surface area contributed by atoms with E-state index in [9.17, 15) is 18.0 Å². The average molecular weight is 298 g/mol. The molecule has 21 heavy (non-hydrogen) atoms. The lowest BCUT2D eigenvalue weighted by molar-refractivity contribution is -0.138. The zero-order chi connectivity index (χ0) is 15.2. The zero-order valence-electron chi connectivity index (χ0n) is 11.2. The number of alkyl halides is 3. The highest BCUT2D eigenvalue weighted by atomic mass is 19.4. The van der Waals surface area contributed by atoms with E-state index in [0.29, 0.717) is 16.8 Å². The molecule has 1 aliphatic heterocycles. The minimum absolute atomic E-state index is 0.0448. The zero-order valence-corrected chi connectivity index (χ0v) is 11.2. The lowest BCUT2D eigenvalue weighted by Gasteiger charge is -2.21. The van der Waals surface area contributed by atoms with E-state index in [-0.39, 0.29) is 5.92 Å².